The van der Waals surface area contributed by atoms with Gasteiger partial charge in [-0.1, -0.05) is 30.5 Å². The minimum absolute atomic E-state index is 0.0103. The number of carbonyl (C=O) groups is 2. The summed E-state index contributed by atoms with van der Waals surface area (Å²) in [6.45, 7) is 2.24. The van der Waals surface area contributed by atoms with Crippen LogP contribution in [0.1, 0.15) is 47.6 Å². The molecule has 6 heteroatoms. The summed E-state index contributed by atoms with van der Waals surface area (Å²) in [4.78, 5) is 24.8. The zero-order valence-corrected chi connectivity index (χ0v) is 14.9. The number of thioether (sulfide) groups is 1. The molecule has 1 aliphatic carbocycles. The molecule has 0 saturated heterocycles. The van der Waals surface area contributed by atoms with Crippen LogP contribution >= 0.6 is 11.8 Å². The highest BCUT2D eigenvalue weighted by atomic mass is 32.2. The molecule has 1 saturated carbocycles. The molecule has 0 atom stereocenters. The summed E-state index contributed by atoms with van der Waals surface area (Å²) in [7, 11) is 0. The van der Waals surface area contributed by atoms with E-state index < -0.39 is 10.7 Å². The highest BCUT2D eigenvalue weighted by Gasteiger charge is 2.42. The lowest BCUT2D eigenvalue weighted by molar-refractivity contribution is -0.123. The predicted molar refractivity (Wildman–Crippen MR) is 95.7 cm³/mol. The fourth-order valence-electron chi connectivity index (χ4n) is 3.07. The molecule has 0 unspecified atom stereocenters. The fourth-order valence-corrected chi connectivity index (χ4v) is 4.45. The van der Waals surface area contributed by atoms with E-state index in [1.165, 1.54) is 11.6 Å². The van der Waals surface area contributed by atoms with Gasteiger partial charge in [-0.3, -0.25) is 4.79 Å². The molecular weight excluding hydrogens is 338 g/mol. The van der Waals surface area contributed by atoms with Crippen LogP contribution in [0.25, 0.3) is 0 Å². The number of amides is 1. The average molecular weight is 359 g/mol. The maximum absolute atomic E-state index is 12.9. The molecule has 2 aromatic rings. The number of aryl methyl sites for hydroxylation is 1. The second-order valence-corrected chi connectivity index (χ2v) is 7.83. The van der Waals surface area contributed by atoms with E-state index in [0.717, 1.165) is 30.6 Å². The zero-order valence-electron chi connectivity index (χ0n) is 14.1. The first-order chi connectivity index (χ1) is 12.0. The van der Waals surface area contributed by atoms with E-state index in [4.69, 9.17) is 9.52 Å². The average Bonchev–Trinajstić information content (AvgIpc) is 3.25. The van der Waals surface area contributed by atoms with Crippen LogP contribution in [0.4, 0.5) is 0 Å². The molecule has 1 aromatic carbocycles. The maximum Gasteiger partial charge on any atom is 0.371 e. The van der Waals surface area contributed by atoms with Gasteiger partial charge in [0.15, 0.2) is 0 Å². The SMILES string of the molecule is Cc1ccc(SC2(C(=O)NCc3ccc(C(=O)O)o3)CCCC2)cc1. The minimum atomic E-state index is -1.11. The summed E-state index contributed by atoms with van der Waals surface area (Å²) >= 11 is 1.62. The van der Waals surface area contributed by atoms with Crippen LogP contribution in [0.5, 0.6) is 0 Å². The first-order valence-corrected chi connectivity index (χ1v) is 9.16. The van der Waals surface area contributed by atoms with Gasteiger partial charge in [0.05, 0.1) is 11.3 Å². The summed E-state index contributed by atoms with van der Waals surface area (Å²) in [6.07, 6.45) is 3.76. The Labute approximate surface area is 150 Å². The van der Waals surface area contributed by atoms with E-state index in [2.05, 4.69) is 29.6 Å². The highest BCUT2D eigenvalue weighted by Crippen LogP contribution is 2.45. The largest absolute Gasteiger partial charge is 0.475 e. The van der Waals surface area contributed by atoms with Crippen molar-refractivity contribution in [3.05, 3.63) is 53.5 Å². The number of hydrogen-bond donors (Lipinski definition) is 2. The van der Waals surface area contributed by atoms with Gasteiger partial charge in [-0.15, -0.1) is 11.8 Å². The van der Waals surface area contributed by atoms with E-state index in [9.17, 15) is 9.59 Å². The number of hydrogen-bond acceptors (Lipinski definition) is 4. The zero-order chi connectivity index (χ0) is 17.9. The molecule has 0 bridgehead atoms. The monoisotopic (exact) mass is 359 g/mol. The molecule has 1 aromatic heterocycles. The normalized spacial score (nSPS) is 15.9. The van der Waals surface area contributed by atoms with Crippen LogP contribution in [-0.2, 0) is 11.3 Å². The fraction of sp³-hybridized carbons (Fsp3) is 0.368. The lowest BCUT2D eigenvalue weighted by atomic mass is 10.1. The van der Waals surface area contributed by atoms with Gasteiger partial charge >= 0.3 is 5.97 Å². The summed E-state index contributed by atoms with van der Waals surface area (Å²) in [6, 6.07) is 11.2. The summed E-state index contributed by atoms with van der Waals surface area (Å²) in [5.41, 5.74) is 1.20. The Kier molecular flexibility index (Phi) is 5.18. The summed E-state index contributed by atoms with van der Waals surface area (Å²) < 4.78 is 4.74. The number of aromatic carboxylic acids is 1. The van der Waals surface area contributed by atoms with Crippen molar-refractivity contribution in [1.82, 2.24) is 5.32 Å². The number of rotatable bonds is 6. The Morgan fingerprint density at radius 1 is 1.16 bits per heavy atom. The van der Waals surface area contributed by atoms with Crippen LogP contribution in [0.15, 0.2) is 45.7 Å². The van der Waals surface area contributed by atoms with Gasteiger partial charge in [-0.2, -0.15) is 0 Å². The number of carbonyl (C=O) groups excluding carboxylic acids is 1. The quantitative estimate of drug-likeness (QED) is 0.815. The number of nitrogens with one attached hydrogen (secondary N) is 1. The Hall–Kier alpha value is -2.21. The number of carboxylic acids is 1. The van der Waals surface area contributed by atoms with Gasteiger partial charge in [0, 0.05) is 4.90 Å². The standard InChI is InChI=1S/C19H21NO4S/c1-13-4-7-15(8-5-13)25-19(10-2-3-11-19)18(23)20-12-14-6-9-16(24-14)17(21)22/h4-9H,2-3,10-12H2,1H3,(H,20,23)(H,21,22). The molecule has 0 radical (unpaired) electrons. The molecule has 1 fully saturated rings. The van der Waals surface area contributed by atoms with Crippen LogP contribution in [0.3, 0.4) is 0 Å². The van der Waals surface area contributed by atoms with Crippen LogP contribution in [0, 0.1) is 6.92 Å². The van der Waals surface area contributed by atoms with Gasteiger partial charge in [-0.05, 0) is 44.0 Å². The number of carboxylic acid groups (broad SMARTS) is 1. The van der Waals surface area contributed by atoms with Crippen molar-refractivity contribution in [2.75, 3.05) is 0 Å². The van der Waals surface area contributed by atoms with Gasteiger partial charge in [0.1, 0.15) is 5.76 Å². The third kappa shape index (κ3) is 4.07. The molecule has 1 aliphatic rings. The maximum atomic E-state index is 12.9. The molecule has 1 heterocycles. The Morgan fingerprint density at radius 3 is 2.44 bits per heavy atom. The van der Waals surface area contributed by atoms with Crippen LogP contribution in [-0.4, -0.2) is 21.7 Å². The van der Waals surface area contributed by atoms with E-state index in [0.29, 0.717) is 5.76 Å². The Morgan fingerprint density at radius 2 is 1.84 bits per heavy atom. The van der Waals surface area contributed by atoms with E-state index >= 15 is 0 Å². The van der Waals surface area contributed by atoms with Crippen molar-refractivity contribution in [3.63, 3.8) is 0 Å². The molecular formula is C19H21NO4S. The van der Waals surface area contributed by atoms with Crippen molar-refractivity contribution in [2.45, 2.75) is 48.8 Å². The van der Waals surface area contributed by atoms with Crippen molar-refractivity contribution in [2.24, 2.45) is 0 Å². The minimum Gasteiger partial charge on any atom is -0.475 e. The van der Waals surface area contributed by atoms with Crippen LogP contribution in [0.2, 0.25) is 0 Å². The summed E-state index contributed by atoms with van der Waals surface area (Å²) in [5, 5.41) is 11.8. The number of furan rings is 1. The first kappa shape index (κ1) is 17.6. The lowest BCUT2D eigenvalue weighted by Gasteiger charge is -2.27. The van der Waals surface area contributed by atoms with Gasteiger partial charge in [0.2, 0.25) is 11.7 Å². The van der Waals surface area contributed by atoms with Crippen molar-refractivity contribution < 1.29 is 19.1 Å². The smallest absolute Gasteiger partial charge is 0.371 e. The third-order valence-electron chi connectivity index (χ3n) is 4.45. The van der Waals surface area contributed by atoms with Crippen LogP contribution < -0.4 is 5.32 Å². The molecule has 0 aliphatic heterocycles. The summed E-state index contributed by atoms with van der Waals surface area (Å²) in [5.74, 6) is -0.795. The third-order valence-corrected chi connectivity index (χ3v) is 5.95. The highest BCUT2D eigenvalue weighted by molar-refractivity contribution is 8.01. The first-order valence-electron chi connectivity index (χ1n) is 8.34. The second kappa shape index (κ2) is 7.35. The van der Waals surface area contributed by atoms with Gasteiger partial charge < -0.3 is 14.8 Å². The second-order valence-electron chi connectivity index (χ2n) is 6.37. The number of benzene rings is 1. The van der Waals surface area contributed by atoms with Crippen molar-refractivity contribution in [3.8, 4) is 0 Å². The predicted octanol–water partition coefficient (Wildman–Crippen LogP) is 4.01. The topological polar surface area (TPSA) is 79.5 Å². The van der Waals surface area contributed by atoms with E-state index in [1.807, 2.05) is 6.92 Å². The molecule has 5 nitrogen and oxygen atoms in total. The molecule has 25 heavy (non-hydrogen) atoms. The van der Waals surface area contributed by atoms with E-state index in [-0.39, 0.29) is 18.2 Å². The molecule has 3 rings (SSSR count). The lowest BCUT2D eigenvalue weighted by Crippen LogP contribution is -2.41. The Balaban J connectivity index is 1.67. The van der Waals surface area contributed by atoms with Crippen molar-refractivity contribution >= 4 is 23.6 Å². The molecule has 132 valence electrons. The molecule has 1 amide bonds. The van der Waals surface area contributed by atoms with E-state index in [1.54, 1.807) is 17.8 Å². The van der Waals surface area contributed by atoms with Crippen molar-refractivity contribution in [1.29, 1.82) is 0 Å². The van der Waals surface area contributed by atoms with Gasteiger partial charge in [0.25, 0.3) is 0 Å². The Bertz CT molecular complexity index is 760. The van der Waals surface area contributed by atoms with Gasteiger partial charge in [-0.25, -0.2) is 4.79 Å². The molecule has 0 spiro atoms. The molecule has 2 N–H and O–H groups in total.